The lowest BCUT2D eigenvalue weighted by Crippen LogP contribution is -2.52. The van der Waals surface area contributed by atoms with E-state index >= 15 is 0 Å². The van der Waals surface area contributed by atoms with Crippen LogP contribution in [-0.2, 0) is 14.3 Å². The van der Waals surface area contributed by atoms with Crippen molar-refractivity contribution >= 4 is 38.7 Å². The van der Waals surface area contributed by atoms with Crippen LogP contribution in [0.5, 0.6) is 0 Å². The minimum atomic E-state index is -0.818. The van der Waals surface area contributed by atoms with Gasteiger partial charge in [0.2, 0.25) is 5.91 Å². The minimum absolute atomic E-state index is 0.0821. The summed E-state index contributed by atoms with van der Waals surface area (Å²) in [6.45, 7) is 7.59. The van der Waals surface area contributed by atoms with Crippen LogP contribution < -0.4 is 5.32 Å². The Labute approximate surface area is 134 Å². The van der Waals surface area contributed by atoms with E-state index in [1.807, 2.05) is 6.92 Å². The molecule has 0 saturated carbocycles. The van der Waals surface area contributed by atoms with Crippen LogP contribution in [0.2, 0.25) is 0 Å². The van der Waals surface area contributed by atoms with Gasteiger partial charge in [-0.3, -0.25) is 9.59 Å². The average molecular weight is 336 g/mol. The zero-order valence-electron chi connectivity index (χ0n) is 13.4. The lowest BCUT2D eigenvalue weighted by Gasteiger charge is -2.31. The molecule has 0 aromatic heterocycles. The minimum Gasteiger partial charge on any atom is -0.467 e. The van der Waals surface area contributed by atoms with Gasteiger partial charge in [-0.1, -0.05) is 17.7 Å². The van der Waals surface area contributed by atoms with Gasteiger partial charge in [-0.05, 0) is 20.3 Å². The Morgan fingerprint density at radius 3 is 2.33 bits per heavy atom. The van der Waals surface area contributed by atoms with Crippen LogP contribution in [0.1, 0.15) is 34.1 Å². The summed E-state index contributed by atoms with van der Waals surface area (Å²) in [7, 11) is 5.31. The summed E-state index contributed by atoms with van der Waals surface area (Å²) in [5, 5.41) is 2.49. The Morgan fingerprint density at radius 1 is 1.33 bits per heavy atom. The fourth-order valence-corrected chi connectivity index (χ4v) is 3.80. The SMILES string of the molecule is CCCN(C)C(=O)SSC(C)(C)C(NC(C)=O)C(=O)OC. The molecular formula is C13H24N2O4S2. The molecule has 1 unspecified atom stereocenters. The maximum Gasteiger partial charge on any atom is 0.329 e. The molecule has 2 amide bonds. The molecule has 0 radical (unpaired) electrons. The van der Waals surface area contributed by atoms with Gasteiger partial charge >= 0.3 is 5.97 Å². The summed E-state index contributed by atoms with van der Waals surface area (Å²) in [6, 6.07) is -0.818. The highest BCUT2D eigenvalue weighted by atomic mass is 33.1. The smallest absolute Gasteiger partial charge is 0.329 e. The molecule has 1 atom stereocenters. The molecule has 0 bridgehead atoms. The van der Waals surface area contributed by atoms with Crippen LogP contribution in [0.15, 0.2) is 0 Å². The van der Waals surface area contributed by atoms with Crippen LogP contribution in [0.3, 0.4) is 0 Å². The van der Waals surface area contributed by atoms with Crippen molar-refractivity contribution in [1.82, 2.24) is 10.2 Å². The van der Waals surface area contributed by atoms with E-state index < -0.39 is 16.8 Å². The summed E-state index contributed by atoms with van der Waals surface area (Å²) in [4.78, 5) is 36.6. The van der Waals surface area contributed by atoms with E-state index in [-0.39, 0.29) is 11.1 Å². The maximum absolute atomic E-state index is 11.9. The molecule has 0 aromatic rings. The Kier molecular flexibility index (Phi) is 8.80. The Balaban J connectivity index is 4.78. The summed E-state index contributed by atoms with van der Waals surface area (Å²) in [6.07, 6.45) is 0.882. The molecule has 8 heteroatoms. The second-order valence-corrected chi connectivity index (χ2v) is 7.85. The highest BCUT2D eigenvalue weighted by Gasteiger charge is 2.38. The van der Waals surface area contributed by atoms with Crippen LogP contribution in [0, 0.1) is 0 Å². The Bertz CT molecular complexity index is 388. The van der Waals surface area contributed by atoms with Crippen LogP contribution in [0.4, 0.5) is 4.79 Å². The van der Waals surface area contributed by atoms with Gasteiger partial charge in [0.15, 0.2) is 0 Å². The van der Waals surface area contributed by atoms with Crippen molar-refractivity contribution in [3.05, 3.63) is 0 Å². The van der Waals surface area contributed by atoms with E-state index in [0.29, 0.717) is 6.54 Å². The van der Waals surface area contributed by atoms with Crippen molar-refractivity contribution in [2.24, 2.45) is 0 Å². The standard InChI is InChI=1S/C13H24N2O4S2/c1-7-8-15(5)12(18)20-21-13(3,4)10(11(17)19-6)14-9(2)16/h10H,7-8H2,1-6H3,(H,14,16). The molecule has 0 rings (SSSR count). The second-order valence-electron chi connectivity index (χ2n) is 5.11. The van der Waals surface area contributed by atoms with Crippen molar-refractivity contribution in [3.8, 4) is 0 Å². The highest BCUT2D eigenvalue weighted by Crippen LogP contribution is 2.39. The number of esters is 1. The van der Waals surface area contributed by atoms with Crippen molar-refractivity contribution in [1.29, 1.82) is 0 Å². The number of methoxy groups -OCH3 is 1. The van der Waals surface area contributed by atoms with Crippen LogP contribution in [-0.4, -0.2) is 53.5 Å². The van der Waals surface area contributed by atoms with E-state index in [1.165, 1.54) is 24.8 Å². The molecule has 6 nitrogen and oxygen atoms in total. The number of hydrogen-bond donors (Lipinski definition) is 1. The molecule has 122 valence electrons. The normalized spacial score (nSPS) is 12.5. The molecular weight excluding hydrogens is 312 g/mol. The monoisotopic (exact) mass is 336 g/mol. The van der Waals surface area contributed by atoms with E-state index in [0.717, 1.165) is 17.2 Å². The topological polar surface area (TPSA) is 75.7 Å². The first kappa shape index (κ1) is 20.1. The van der Waals surface area contributed by atoms with Gasteiger partial charge in [0, 0.05) is 31.3 Å². The first-order valence-electron chi connectivity index (χ1n) is 6.61. The van der Waals surface area contributed by atoms with Gasteiger partial charge in [-0.25, -0.2) is 4.79 Å². The van der Waals surface area contributed by atoms with Gasteiger partial charge in [0.1, 0.15) is 6.04 Å². The predicted molar refractivity (Wildman–Crippen MR) is 87.2 cm³/mol. The number of ether oxygens (including phenoxy) is 1. The van der Waals surface area contributed by atoms with Gasteiger partial charge in [-0.15, -0.1) is 0 Å². The molecule has 0 heterocycles. The highest BCUT2D eigenvalue weighted by molar-refractivity contribution is 8.82. The third-order valence-corrected chi connectivity index (χ3v) is 5.85. The second kappa shape index (κ2) is 9.19. The first-order valence-corrected chi connectivity index (χ1v) is 8.76. The lowest BCUT2D eigenvalue weighted by molar-refractivity contribution is -0.145. The zero-order chi connectivity index (χ0) is 16.6. The van der Waals surface area contributed by atoms with E-state index in [9.17, 15) is 14.4 Å². The summed E-state index contributed by atoms with van der Waals surface area (Å²) < 4.78 is 4.03. The van der Waals surface area contributed by atoms with Gasteiger partial charge in [0.05, 0.1) is 11.9 Å². The van der Waals surface area contributed by atoms with Crippen molar-refractivity contribution in [3.63, 3.8) is 0 Å². The average Bonchev–Trinajstić information content (AvgIpc) is 2.41. The number of nitrogens with zero attached hydrogens (tertiary/aromatic N) is 1. The molecule has 0 saturated heterocycles. The molecule has 0 aromatic carbocycles. The van der Waals surface area contributed by atoms with Gasteiger partial charge in [0.25, 0.3) is 5.24 Å². The Hall–Kier alpha value is -0.890. The molecule has 0 aliphatic rings. The predicted octanol–water partition coefficient (Wildman–Crippen LogP) is 2.29. The fraction of sp³-hybridized carbons (Fsp3) is 0.769. The van der Waals surface area contributed by atoms with E-state index in [4.69, 9.17) is 4.74 Å². The lowest BCUT2D eigenvalue weighted by atomic mass is 10.0. The number of carbonyl (C=O) groups excluding carboxylic acids is 3. The fourth-order valence-electron chi connectivity index (χ4n) is 1.52. The quantitative estimate of drug-likeness (QED) is 0.568. The number of nitrogens with one attached hydrogen (secondary N) is 1. The first-order chi connectivity index (χ1) is 9.65. The zero-order valence-corrected chi connectivity index (χ0v) is 15.0. The van der Waals surface area contributed by atoms with E-state index in [2.05, 4.69) is 5.32 Å². The van der Waals surface area contributed by atoms with E-state index in [1.54, 1.807) is 25.8 Å². The molecule has 0 aliphatic carbocycles. The van der Waals surface area contributed by atoms with Crippen molar-refractivity contribution in [2.75, 3.05) is 20.7 Å². The summed E-state index contributed by atoms with van der Waals surface area (Å²) in [5.74, 6) is -0.851. The molecule has 0 spiro atoms. The number of hydrogen-bond acceptors (Lipinski definition) is 6. The third-order valence-electron chi connectivity index (χ3n) is 2.68. The van der Waals surface area contributed by atoms with Gasteiger partial charge < -0.3 is 15.0 Å². The van der Waals surface area contributed by atoms with Crippen LogP contribution in [0.25, 0.3) is 0 Å². The third kappa shape index (κ3) is 7.08. The molecule has 1 N–H and O–H groups in total. The Morgan fingerprint density at radius 2 is 1.90 bits per heavy atom. The number of rotatable bonds is 7. The van der Waals surface area contributed by atoms with Crippen LogP contribution >= 0.6 is 21.6 Å². The summed E-state index contributed by atoms with van der Waals surface area (Å²) in [5.41, 5.74) is 0. The van der Waals surface area contributed by atoms with Crippen molar-refractivity contribution in [2.45, 2.75) is 44.9 Å². The molecule has 0 aliphatic heterocycles. The van der Waals surface area contributed by atoms with Gasteiger partial charge in [-0.2, -0.15) is 0 Å². The maximum atomic E-state index is 11.9. The number of carbonyl (C=O) groups is 3. The van der Waals surface area contributed by atoms with Crippen molar-refractivity contribution < 1.29 is 19.1 Å². The largest absolute Gasteiger partial charge is 0.467 e. The molecule has 0 fully saturated rings. The number of amides is 2. The molecule has 21 heavy (non-hydrogen) atoms. The summed E-state index contributed by atoms with van der Waals surface area (Å²) >= 11 is 0.